The Balaban J connectivity index is 3.18. The fraction of sp³-hybridized carbons (Fsp3) is 0.733. The SMILES string of the molecule is CO[C@H]1O[C@H](CSC(C)=O)[C@H](SC(C)=O)[C@@H](SC(C)=O)[C@@H]1SC(C)=O. The predicted molar refractivity (Wildman–Crippen MR) is 105 cm³/mol. The Labute approximate surface area is 164 Å². The van der Waals surface area contributed by atoms with Crippen LogP contribution in [0.25, 0.3) is 0 Å². The fourth-order valence-corrected chi connectivity index (χ4v) is 6.88. The monoisotopic (exact) mass is 426 g/mol. The number of hydrogen-bond acceptors (Lipinski definition) is 10. The van der Waals surface area contributed by atoms with Crippen molar-refractivity contribution >= 4 is 67.5 Å². The summed E-state index contributed by atoms with van der Waals surface area (Å²) in [6.07, 6.45) is -1.15. The van der Waals surface area contributed by atoms with Crippen LogP contribution in [0.2, 0.25) is 0 Å². The summed E-state index contributed by atoms with van der Waals surface area (Å²) in [6.45, 7) is 5.81. The summed E-state index contributed by atoms with van der Waals surface area (Å²) >= 11 is 4.34. The second-order valence-corrected chi connectivity index (χ2v) is 10.6. The molecule has 1 rings (SSSR count). The number of ether oxygens (including phenoxy) is 2. The Bertz CT molecular complexity index is 526. The van der Waals surface area contributed by atoms with Crippen LogP contribution in [0.3, 0.4) is 0 Å². The predicted octanol–water partition coefficient (Wildman–Crippen LogP) is 2.58. The van der Waals surface area contributed by atoms with Gasteiger partial charge in [-0.1, -0.05) is 47.0 Å². The van der Waals surface area contributed by atoms with Gasteiger partial charge in [0.2, 0.25) is 0 Å². The number of carbonyl (C=O) groups is 4. The molecule has 1 saturated heterocycles. The van der Waals surface area contributed by atoms with Crippen LogP contribution in [0.15, 0.2) is 0 Å². The second kappa shape index (κ2) is 11.0. The lowest BCUT2D eigenvalue weighted by Crippen LogP contribution is -2.55. The van der Waals surface area contributed by atoms with E-state index in [4.69, 9.17) is 9.47 Å². The first-order chi connectivity index (χ1) is 11.6. The molecular weight excluding hydrogens is 404 g/mol. The van der Waals surface area contributed by atoms with Crippen molar-refractivity contribution in [1.29, 1.82) is 0 Å². The molecule has 0 saturated carbocycles. The molecule has 1 aliphatic rings. The molecule has 0 spiro atoms. The number of thioether (sulfide) groups is 4. The number of hydrogen-bond donors (Lipinski definition) is 0. The molecule has 1 aliphatic heterocycles. The van der Waals surface area contributed by atoms with Crippen molar-refractivity contribution in [3.05, 3.63) is 0 Å². The van der Waals surface area contributed by atoms with Gasteiger partial charge in [-0.25, -0.2) is 0 Å². The molecule has 0 N–H and O–H groups in total. The Morgan fingerprint density at radius 1 is 0.800 bits per heavy atom. The van der Waals surface area contributed by atoms with E-state index < -0.39 is 17.6 Å². The van der Waals surface area contributed by atoms with Crippen LogP contribution in [0.5, 0.6) is 0 Å². The van der Waals surface area contributed by atoms with E-state index in [2.05, 4.69) is 0 Å². The van der Waals surface area contributed by atoms with Crippen LogP contribution < -0.4 is 0 Å². The summed E-state index contributed by atoms with van der Waals surface area (Å²) in [4.78, 5) is 46.5. The lowest BCUT2D eigenvalue weighted by Gasteiger charge is -2.44. The molecule has 10 heteroatoms. The van der Waals surface area contributed by atoms with Gasteiger partial charge in [-0.05, 0) is 0 Å². The molecule has 0 bridgehead atoms. The van der Waals surface area contributed by atoms with Crippen LogP contribution in [-0.2, 0) is 28.7 Å². The normalized spacial score (nSPS) is 29.2. The van der Waals surface area contributed by atoms with Gasteiger partial charge in [-0.15, -0.1) is 0 Å². The van der Waals surface area contributed by atoms with E-state index in [0.29, 0.717) is 5.75 Å². The molecule has 0 aromatic rings. The van der Waals surface area contributed by atoms with E-state index in [-0.39, 0.29) is 31.0 Å². The number of rotatable bonds is 6. The molecule has 0 unspecified atom stereocenters. The summed E-state index contributed by atoms with van der Waals surface area (Å²) in [6, 6.07) is 0. The highest BCUT2D eigenvalue weighted by atomic mass is 32.2. The van der Waals surface area contributed by atoms with Crippen molar-refractivity contribution in [1.82, 2.24) is 0 Å². The Morgan fingerprint density at radius 3 is 1.72 bits per heavy atom. The quantitative estimate of drug-likeness (QED) is 0.631. The zero-order chi connectivity index (χ0) is 19.1. The summed E-state index contributed by atoms with van der Waals surface area (Å²) in [7, 11) is 1.47. The van der Waals surface area contributed by atoms with E-state index in [0.717, 1.165) is 47.0 Å². The maximum Gasteiger partial charge on any atom is 0.186 e. The third-order valence-electron chi connectivity index (χ3n) is 3.18. The third-order valence-corrected chi connectivity index (χ3v) is 7.94. The number of methoxy groups -OCH3 is 1. The molecule has 0 radical (unpaired) electrons. The maximum absolute atomic E-state index is 11.8. The minimum Gasteiger partial charge on any atom is -0.355 e. The summed E-state index contributed by atoms with van der Waals surface area (Å²) in [5, 5.41) is -1.52. The van der Waals surface area contributed by atoms with Crippen molar-refractivity contribution in [2.45, 2.75) is 55.8 Å². The van der Waals surface area contributed by atoms with E-state index in [9.17, 15) is 19.2 Å². The van der Waals surface area contributed by atoms with Crippen LogP contribution in [0.4, 0.5) is 0 Å². The first kappa shape index (κ1) is 23.0. The molecule has 6 nitrogen and oxygen atoms in total. The molecule has 0 amide bonds. The fourth-order valence-electron chi connectivity index (χ4n) is 2.38. The van der Waals surface area contributed by atoms with Gasteiger partial charge in [0.05, 0.1) is 16.6 Å². The lowest BCUT2D eigenvalue weighted by molar-refractivity contribution is -0.165. The van der Waals surface area contributed by atoms with Gasteiger partial charge in [-0.2, -0.15) is 0 Å². The van der Waals surface area contributed by atoms with Crippen LogP contribution in [0, 0.1) is 0 Å². The molecular formula is C15H22O6S4. The Kier molecular flexibility index (Phi) is 10.1. The van der Waals surface area contributed by atoms with Crippen molar-refractivity contribution in [2.75, 3.05) is 12.9 Å². The van der Waals surface area contributed by atoms with Crippen LogP contribution in [-0.4, -0.2) is 61.5 Å². The standard InChI is InChI=1S/C15H22O6S4/c1-7(16)22-6-11-12(23-8(2)17)13(24-9(3)18)14(25-10(4)19)15(20-5)21-11/h11-15H,6H2,1-5H3/t11-,12+,13-,14+,15+/m1/s1. The third kappa shape index (κ3) is 7.64. The van der Waals surface area contributed by atoms with Crippen LogP contribution >= 0.6 is 47.0 Å². The topological polar surface area (TPSA) is 86.7 Å². The molecule has 5 atom stereocenters. The Hall–Kier alpha value is -0.000000000000000167. The van der Waals surface area contributed by atoms with Crippen molar-refractivity contribution in [2.24, 2.45) is 0 Å². The summed E-state index contributed by atoms with van der Waals surface area (Å²) in [5.41, 5.74) is 0. The van der Waals surface area contributed by atoms with Gasteiger partial charge >= 0.3 is 0 Å². The highest BCUT2D eigenvalue weighted by molar-refractivity contribution is 8.19. The molecule has 25 heavy (non-hydrogen) atoms. The highest BCUT2D eigenvalue weighted by Crippen LogP contribution is 2.43. The Morgan fingerprint density at radius 2 is 1.28 bits per heavy atom. The van der Waals surface area contributed by atoms with Gasteiger partial charge in [0.1, 0.15) is 0 Å². The average molecular weight is 427 g/mol. The lowest BCUT2D eigenvalue weighted by atomic mass is 10.1. The summed E-state index contributed by atoms with van der Waals surface area (Å²) < 4.78 is 11.4. The smallest absolute Gasteiger partial charge is 0.186 e. The zero-order valence-corrected chi connectivity index (χ0v) is 17.9. The van der Waals surface area contributed by atoms with Crippen molar-refractivity contribution < 1.29 is 28.7 Å². The molecule has 0 aromatic carbocycles. The van der Waals surface area contributed by atoms with E-state index in [1.807, 2.05) is 0 Å². The minimum absolute atomic E-state index is 0.0554. The summed E-state index contributed by atoms with van der Waals surface area (Å²) in [5.74, 6) is 0.354. The molecule has 0 aromatic heterocycles. The number of carbonyl (C=O) groups excluding carboxylic acids is 4. The van der Waals surface area contributed by atoms with Gasteiger partial charge in [-0.3, -0.25) is 19.2 Å². The first-order valence-corrected chi connectivity index (χ1v) is 11.1. The van der Waals surface area contributed by atoms with Crippen molar-refractivity contribution in [3.63, 3.8) is 0 Å². The van der Waals surface area contributed by atoms with Crippen molar-refractivity contribution in [3.8, 4) is 0 Å². The molecule has 1 fully saturated rings. The van der Waals surface area contributed by atoms with Gasteiger partial charge < -0.3 is 9.47 Å². The van der Waals surface area contributed by atoms with Crippen LogP contribution in [0.1, 0.15) is 27.7 Å². The average Bonchev–Trinajstić information content (AvgIpc) is 2.48. The molecule has 142 valence electrons. The zero-order valence-electron chi connectivity index (χ0n) is 14.7. The minimum atomic E-state index is -0.702. The van der Waals surface area contributed by atoms with Gasteiger partial charge in [0, 0.05) is 45.8 Å². The molecule has 1 heterocycles. The van der Waals surface area contributed by atoms with Gasteiger partial charge in [0.25, 0.3) is 0 Å². The maximum atomic E-state index is 11.8. The first-order valence-electron chi connectivity index (χ1n) is 7.49. The molecule has 0 aliphatic carbocycles. The van der Waals surface area contributed by atoms with E-state index in [1.54, 1.807) is 0 Å². The van der Waals surface area contributed by atoms with Gasteiger partial charge in [0.15, 0.2) is 26.8 Å². The van der Waals surface area contributed by atoms with E-state index >= 15 is 0 Å². The largest absolute Gasteiger partial charge is 0.355 e. The van der Waals surface area contributed by atoms with E-state index in [1.165, 1.54) is 34.8 Å². The highest BCUT2D eigenvalue weighted by Gasteiger charge is 2.48. The second-order valence-electron chi connectivity index (χ2n) is 5.30.